The second kappa shape index (κ2) is 7.66. The Balaban J connectivity index is 1.78. The van der Waals surface area contributed by atoms with Crippen LogP contribution < -0.4 is 10.2 Å². The van der Waals surface area contributed by atoms with Gasteiger partial charge in [-0.2, -0.15) is 0 Å². The van der Waals surface area contributed by atoms with E-state index in [1.54, 1.807) is 18.2 Å². The first-order chi connectivity index (χ1) is 12.4. The molecule has 0 radical (unpaired) electrons. The quantitative estimate of drug-likeness (QED) is 0.861. The summed E-state index contributed by atoms with van der Waals surface area (Å²) in [5.41, 5.74) is 2.24. The van der Waals surface area contributed by atoms with Crippen LogP contribution in [-0.4, -0.2) is 36.3 Å². The van der Waals surface area contributed by atoms with E-state index < -0.39 is 6.04 Å². The Kier molecular flexibility index (Phi) is 5.51. The van der Waals surface area contributed by atoms with Crippen molar-refractivity contribution in [2.24, 2.45) is 0 Å². The van der Waals surface area contributed by atoms with Crippen LogP contribution in [0.15, 0.2) is 42.5 Å². The summed E-state index contributed by atoms with van der Waals surface area (Å²) in [6.07, 6.45) is 0. The highest BCUT2D eigenvalue weighted by atomic mass is 35.5. The van der Waals surface area contributed by atoms with E-state index >= 15 is 0 Å². The highest BCUT2D eigenvalue weighted by molar-refractivity contribution is 6.35. The lowest BCUT2D eigenvalue weighted by Crippen LogP contribution is -2.50. The first-order valence-electron chi connectivity index (χ1n) is 8.21. The number of nitrogens with zero attached hydrogens (tertiary/aromatic N) is 2. The van der Waals surface area contributed by atoms with E-state index in [4.69, 9.17) is 23.2 Å². The van der Waals surface area contributed by atoms with Gasteiger partial charge in [-0.15, -0.1) is 0 Å². The Morgan fingerprint density at radius 1 is 1.27 bits per heavy atom. The number of para-hydroxylation sites is 2. The Labute approximate surface area is 162 Å². The Hall–Kier alpha value is -2.08. The predicted molar refractivity (Wildman–Crippen MR) is 105 cm³/mol. The number of nitrogens with one attached hydrogen (secondary N) is 1. The molecule has 0 aromatic heterocycles. The number of fused-ring (bicyclic) bond motifs is 1. The monoisotopic (exact) mass is 391 g/mol. The molecule has 1 aliphatic rings. The van der Waals surface area contributed by atoms with Crippen LogP contribution in [0, 0.1) is 0 Å². The number of rotatable bonds is 4. The second-order valence-corrected chi connectivity index (χ2v) is 7.16. The zero-order valence-electron chi connectivity index (χ0n) is 14.5. The summed E-state index contributed by atoms with van der Waals surface area (Å²) in [6, 6.07) is 12.2. The Morgan fingerprint density at radius 3 is 2.73 bits per heavy atom. The molecule has 136 valence electrons. The van der Waals surface area contributed by atoms with Crippen molar-refractivity contribution in [3.8, 4) is 0 Å². The fraction of sp³-hybridized carbons (Fsp3) is 0.263. The molecule has 1 heterocycles. The van der Waals surface area contributed by atoms with E-state index in [9.17, 15) is 9.59 Å². The summed E-state index contributed by atoms with van der Waals surface area (Å²) < 4.78 is 0. The van der Waals surface area contributed by atoms with Crippen molar-refractivity contribution in [2.75, 3.05) is 23.8 Å². The third-order valence-electron chi connectivity index (χ3n) is 4.49. The molecule has 0 fully saturated rings. The molecule has 5 nitrogen and oxygen atoms in total. The molecule has 1 N–H and O–H groups in total. The third kappa shape index (κ3) is 3.85. The summed E-state index contributed by atoms with van der Waals surface area (Å²) in [4.78, 5) is 28.4. The number of carbonyl (C=O) groups is 2. The topological polar surface area (TPSA) is 52.7 Å². The number of halogens is 2. The van der Waals surface area contributed by atoms with Crippen molar-refractivity contribution in [1.29, 1.82) is 0 Å². The van der Waals surface area contributed by atoms with Crippen molar-refractivity contribution in [3.63, 3.8) is 0 Å². The maximum Gasteiger partial charge on any atom is 0.244 e. The van der Waals surface area contributed by atoms with Gasteiger partial charge in [-0.25, -0.2) is 0 Å². The first-order valence-corrected chi connectivity index (χ1v) is 8.97. The molecule has 2 amide bonds. The van der Waals surface area contributed by atoms with Gasteiger partial charge in [0.25, 0.3) is 0 Å². The highest BCUT2D eigenvalue weighted by Crippen LogP contribution is 2.30. The van der Waals surface area contributed by atoms with Crippen molar-refractivity contribution in [3.05, 3.63) is 58.1 Å². The van der Waals surface area contributed by atoms with Crippen LogP contribution >= 0.6 is 23.2 Å². The smallest absolute Gasteiger partial charge is 0.244 e. The molecule has 2 aromatic carbocycles. The van der Waals surface area contributed by atoms with Crippen molar-refractivity contribution in [1.82, 2.24) is 4.90 Å². The van der Waals surface area contributed by atoms with Gasteiger partial charge in [0, 0.05) is 16.6 Å². The van der Waals surface area contributed by atoms with E-state index in [0.717, 1.165) is 5.56 Å². The number of hydrogen-bond donors (Lipinski definition) is 1. The van der Waals surface area contributed by atoms with Gasteiger partial charge in [-0.3, -0.25) is 19.4 Å². The maximum atomic E-state index is 13.0. The lowest BCUT2D eigenvalue weighted by Gasteiger charge is -2.33. The molecule has 3 rings (SSSR count). The van der Waals surface area contributed by atoms with Gasteiger partial charge < -0.3 is 5.32 Å². The zero-order chi connectivity index (χ0) is 18.8. The van der Waals surface area contributed by atoms with Crippen LogP contribution in [0.1, 0.15) is 12.5 Å². The predicted octanol–water partition coefficient (Wildman–Crippen LogP) is 3.80. The SMILES string of the molecule is C[C@H](C(=O)N1CC(=O)Nc2ccccc21)N(C)Cc1ccc(Cl)cc1Cl. The number of hydrogen-bond acceptors (Lipinski definition) is 3. The molecule has 26 heavy (non-hydrogen) atoms. The fourth-order valence-corrected chi connectivity index (χ4v) is 3.37. The van der Waals surface area contributed by atoms with E-state index in [1.807, 2.05) is 43.1 Å². The average molecular weight is 392 g/mol. The lowest BCUT2D eigenvalue weighted by atomic mass is 10.1. The molecule has 0 spiro atoms. The molecule has 1 atom stereocenters. The van der Waals surface area contributed by atoms with Crippen LogP contribution in [0.2, 0.25) is 10.0 Å². The van der Waals surface area contributed by atoms with Crippen LogP contribution in [-0.2, 0) is 16.1 Å². The van der Waals surface area contributed by atoms with Crippen LogP contribution in [0.5, 0.6) is 0 Å². The molecule has 0 saturated heterocycles. The lowest BCUT2D eigenvalue weighted by molar-refractivity contribution is -0.125. The molecule has 0 saturated carbocycles. The molecule has 2 aromatic rings. The largest absolute Gasteiger partial charge is 0.323 e. The standard InChI is InChI=1S/C19H19Cl2N3O2/c1-12(23(2)10-13-7-8-14(20)9-15(13)21)19(26)24-11-18(25)22-16-5-3-4-6-17(16)24/h3-9,12H,10-11H2,1-2H3,(H,22,25)/t12-/m1/s1. The molecular weight excluding hydrogens is 373 g/mol. The van der Waals surface area contributed by atoms with Gasteiger partial charge in [-0.05, 0) is 43.8 Å². The number of amides is 2. The van der Waals surface area contributed by atoms with Crippen LogP contribution in [0.4, 0.5) is 11.4 Å². The van der Waals surface area contributed by atoms with Gasteiger partial charge in [0.1, 0.15) is 6.54 Å². The summed E-state index contributed by atoms with van der Waals surface area (Å²) in [7, 11) is 1.85. The molecule has 7 heteroatoms. The first kappa shape index (κ1) is 18.7. The second-order valence-electron chi connectivity index (χ2n) is 6.32. The molecule has 0 unspecified atom stereocenters. The minimum atomic E-state index is -0.430. The van der Waals surface area contributed by atoms with Gasteiger partial charge in [-0.1, -0.05) is 41.4 Å². The van der Waals surface area contributed by atoms with E-state index in [2.05, 4.69) is 5.32 Å². The Morgan fingerprint density at radius 2 is 2.00 bits per heavy atom. The fourth-order valence-electron chi connectivity index (χ4n) is 2.90. The highest BCUT2D eigenvalue weighted by Gasteiger charge is 2.31. The number of carbonyl (C=O) groups excluding carboxylic acids is 2. The van der Waals surface area contributed by atoms with E-state index in [0.29, 0.717) is 28.0 Å². The van der Waals surface area contributed by atoms with E-state index in [1.165, 1.54) is 4.90 Å². The molecule has 0 bridgehead atoms. The number of likely N-dealkylation sites (N-methyl/N-ethyl adjacent to an activating group) is 1. The summed E-state index contributed by atoms with van der Waals surface area (Å²) in [6.45, 7) is 2.32. The Bertz CT molecular complexity index is 856. The average Bonchev–Trinajstić information content (AvgIpc) is 2.62. The van der Waals surface area contributed by atoms with Crippen LogP contribution in [0.25, 0.3) is 0 Å². The normalized spacial score (nSPS) is 14.8. The van der Waals surface area contributed by atoms with Gasteiger partial charge in [0.05, 0.1) is 17.4 Å². The molecule has 0 aliphatic carbocycles. The van der Waals surface area contributed by atoms with Gasteiger partial charge >= 0.3 is 0 Å². The third-order valence-corrected chi connectivity index (χ3v) is 5.08. The van der Waals surface area contributed by atoms with Gasteiger partial charge in [0.15, 0.2) is 0 Å². The van der Waals surface area contributed by atoms with Crippen molar-refractivity contribution < 1.29 is 9.59 Å². The summed E-state index contributed by atoms with van der Waals surface area (Å²) in [5.74, 6) is -0.340. The van der Waals surface area contributed by atoms with E-state index in [-0.39, 0.29) is 18.4 Å². The van der Waals surface area contributed by atoms with Crippen LogP contribution in [0.3, 0.4) is 0 Å². The minimum Gasteiger partial charge on any atom is -0.323 e. The summed E-state index contributed by atoms with van der Waals surface area (Å²) in [5, 5.41) is 3.92. The number of benzene rings is 2. The molecular formula is C19H19Cl2N3O2. The van der Waals surface area contributed by atoms with Crippen molar-refractivity contribution in [2.45, 2.75) is 19.5 Å². The maximum absolute atomic E-state index is 13.0. The zero-order valence-corrected chi connectivity index (χ0v) is 16.0. The summed E-state index contributed by atoms with van der Waals surface area (Å²) >= 11 is 12.2. The van der Waals surface area contributed by atoms with Gasteiger partial charge in [0.2, 0.25) is 11.8 Å². The van der Waals surface area contributed by atoms with Crippen molar-refractivity contribution >= 4 is 46.4 Å². The minimum absolute atomic E-state index is 0.00965. The molecule has 1 aliphatic heterocycles. The number of anilines is 2.